The molecule has 0 spiro atoms. The molecule has 0 aromatic heterocycles. The van der Waals surface area contributed by atoms with Crippen molar-refractivity contribution in [2.45, 2.75) is 26.3 Å². The van der Waals surface area contributed by atoms with E-state index >= 15 is 0 Å². The molecule has 1 aromatic rings. The summed E-state index contributed by atoms with van der Waals surface area (Å²) in [4.78, 5) is 45.4. The summed E-state index contributed by atoms with van der Waals surface area (Å²) in [6, 6.07) is 4.74. The van der Waals surface area contributed by atoms with Gasteiger partial charge in [-0.3, -0.25) is 14.4 Å². The van der Waals surface area contributed by atoms with Crippen LogP contribution in [0.25, 0.3) is 0 Å². The second-order valence-corrected chi connectivity index (χ2v) is 5.03. The summed E-state index contributed by atoms with van der Waals surface area (Å²) >= 11 is 0. The molecule has 0 saturated carbocycles. The second-order valence-electron chi connectivity index (χ2n) is 5.03. The fraction of sp³-hybridized carbons (Fsp3) is 0.333. The first-order valence-electron chi connectivity index (χ1n) is 6.49. The number of carboxylic acid groups (broad SMARTS) is 1. The number of rotatable bonds is 7. The number of nitrogens with one attached hydrogen (secondary N) is 1. The summed E-state index contributed by atoms with van der Waals surface area (Å²) in [5.41, 5.74) is -0.200. The average Bonchev–Trinajstić information content (AvgIpc) is 2.45. The predicted octanol–water partition coefficient (Wildman–Crippen LogP) is 1.30. The van der Waals surface area contributed by atoms with Gasteiger partial charge in [-0.1, -0.05) is 26.0 Å². The molecule has 1 rings (SSSR count). The molecule has 1 atom stereocenters. The normalized spacial score (nSPS) is 11.8. The topological polar surface area (TPSA) is 101 Å². The Balaban J connectivity index is 2.99. The van der Waals surface area contributed by atoms with Crippen LogP contribution in [-0.2, 0) is 9.59 Å². The van der Waals surface area contributed by atoms with Crippen molar-refractivity contribution in [1.29, 1.82) is 0 Å². The molecule has 0 saturated heterocycles. The zero-order chi connectivity index (χ0) is 16.0. The Kier molecular flexibility index (Phi) is 5.78. The lowest BCUT2D eigenvalue weighted by atomic mass is 9.99. The summed E-state index contributed by atoms with van der Waals surface area (Å²) in [7, 11) is 0. The maximum Gasteiger partial charge on any atom is 0.336 e. The van der Waals surface area contributed by atoms with Crippen LogP contribution in [0.3, 0.4) is 0 Å². The zero-order valence-electron chi connectivity index (χ0n) is 11.8. The highest BCUT2D eigenvalue weighted by molar-refractivity contribution is 6.28. The smallest absolute Gasteiger partial charge is 0.336 e. The SMILES string of the molecule is CC(C)C[C@H](NC(=O)c1ccccc1C(=O)O)C(=O)C=O. The number of aldehydes is 1. The van der Waals surface area contributed by atoms with Crippen molar-refractivity contribution < 1.29 is 24.3 Å². The lowest BCUT2D eigenvalue weighted by Crippen LogP contribution is -2.42. The summed E-state index contributed by atoms with van der Waals surface area (Å²) in [6.07, 6.45) is 0.467. The molecular formula is C15H17NO5. The van der Waals surface area contributed by atoms with Crippen LogP contribution in [0, 0.1) is 5.92 Å². The Morgan fingerprint density at radius 1 is 1.19 bits per heavy atom. The Morgan fingerprint density at radius 2 is 1.76 bits per heavy atom. The highest BCUT2D eigenvalue weighted by atomic mass is 16.4. The highest BCUT2D eigenvalue weighted by Gasteiger charge is 2.24. The van der Waals surface area contributed by atoms with Gasteiger partial charge < -0.3 is 10.4 Å². The van der Waals surface area contributed by atoms with Gasteiger partial charge in [-0.05, 0) is 24.5 Å². The van der Waals surface area contributed by atoms with Crippen molar-refractivity contribution in [3.8, 4) is 0 Å². The van der Waals surface area contributed by atoms with Gasteiger partial charge in [0, 0.05) is 0 Å². The first-order chi connectivity index (χ1) is 9.86. The molecule has 0 aliphatic carbocycles. The Labute approximate surface area is 122 Å². The third-order valence-corrected chi connectivity index (χ3v) is 2.87. The first-order valence-corrected chi connectivity index (χ1v) is 6.49. The number of carboxylic acids is 1. The van der Waals surface area contributed by atoms with E-state index in [2.05, 4.69) is 5.32 Å². The third-order valence-electron chi connectivity index (χ3n) is 2.87. The number of amides is 1. The number of hydrogen-bond acceptors (Lipinski definition) is 4. The van der Waals surface area contributed by atoms with Gasteiger partial charge in [0.2, 0.25) is 5.78 Å². The van der Waals surface area contributed by atoms with E-state index in [1.807, 2.05) is 13.8 Å². The van der Waals surface area contributed by atoms with Gasteiger partial charge in [-0.25, -0.2) is 4.79 Å². The molecule has 6 nitrogen and oxygen atoms in total. The molecular weight excluding hydrogens is 274 g/mol. The molecule has 6 heteroatoms. The largest absolute Gasteiger partial charge is 0.478 e. The zero-order valence-corrected chi connectivity index (χ0v) is 11.8. The summed E-state index contributed by atoms with van der Waals surface area (Å²) in [6.45, 7) is 3.70. The molecule has 0 bridgehead atoms. The second kappa shape index (κ2) is 7.33. The van der Waals surface area contributed by atoms with E-state index in [4.69, 9.17) is 5.11 Å². The van der Waals surface area contributed by atoms with Gasteiger partial charge in [0.25, 0.3) is 5.91 Å². The lowest BCUT2D eigenvalue weighted by Gasteiger charge is -2.17. The van der Waals surface area contributed by atoms with Crippen LogP contribution in [0.1, 0.15) is 41.0 Å². The predicted molar refractivity (Wildman–Crippen MR) is 75.2 cm³/mol. The first kappa shape index (κ1) is 16.6. The monoisotopic (exact) mass is 291 g/mol. The fourth-order valence-corrected chi connectivity index (χ4v) is 1.90. The number of carbonyl (C=O) groups is 4. The minimum atomic E-state index is -1.23. The molecule has 0 radical (unpaired) electrons. The van der Waals surface area contributed by atoms with Gasteiger partial charge in [-0.15, -0.1) is 0 Å². The average molecular weight is 291 g/mol. The van der Waals surface area contributed by atoms with Crippen molar-refractivity contribution >= 4 is 23.9 Å². The van der Waals surface area contributed by atoms with Gasteiger partial charge >= 0.3 is 5.97 Å². The van der Waals surface area contributed by atoms with E-state index in [-0.39, 0.29) is 23.3 Å². The Morgan fingerprint density at radius 3 is 2.24 bits per heavy atom. The maximum atomic E-state index is 12.1. The van der Waals surface area contributed by atoms with E-state index in [1.54, 1.807) is 0 Å². The van der Waals surface area contributed by atoms with Crippen molar-refractivity contribution in [1.82, 2.24) is 5.32 Å². The molecule has 0 unspecified atom stereocenters. The molecule has 0 heterocycles. The number of ketones is 1. The minimum absolute atomic E-state index is 0.0440. The molecule has 0 aliphatic heterocycles. The standard InChI is InChI=1S/C15H17NO5/c1-9(2)7-12(13(18)8-17)16-14(19)10-5-3-4-6-11(10)15(20)21/h3-6,8-9,12H,7H2,1-2H3,(H,16,19)(H,20,21)/t12-/m0/s1. The Bertz CT molecular complexity index is 565. The van der Waals surface area contributed by atoms with Crippen molar-refractivity contribution in [2.75, 3.05) is 0 Å². The molecule has 0 aliphatic rings. The molecule has 21 heavy (non-hydrogen) atoms. The minimum Gasteiger partial charge on any atom is -0.478 e. The summed E-state index contributed by atoms with van der Waals surface area (Å²) < 4.78 is 0. The highest BCUT2D eigenvalue weighted by Crippen LogP contribution is 2.11. The molecule has 2 N–H and O–H groups in total. The van der Waals surface area contributed by atoms with Crippen LogP contribution in [0.15, 0.2) is 24.3 Å². The van der Waals surface area contributed by atoms with Crippen molar-refractivity contribution in [3.63, 3.8) is 0 Å². The number of benzene rings is 1. The number of hydrogen-bond donors (Lipinski definition) is 2. The van der Waals surface area contributed by atoms with Gasteiger partial charge in [0.1, 0.15) is 0 Å². The fourth-order valence-electron chi connectivity index (χ4n) is 1.90. The number of Topliss-reactive ketones (excluding diaryl/α,β-unsaturated/α-hetero) is 1. The van der Waals surface area contributed by atoms with Crippen LogP contribution in [-0.4, -0.2) is 35.1 Å². The third kappa shape index (κ3) is 4.52. The van der Waals surface area contributed by atoms with Crippen LogP contribution >= 0.6 is 0 Å². The quantitative estimate of drug-likeness (QED) is 0.582. The van der Waals surface area contributed by atoms with Crippen LogP contribution in [0.2, 0.25) is 0 Å². The summed E-state index contributed by atoms with van der Waals surface area (Å²) in [5.74, 6) is -2.56. The van der Waals surface area contributed by atoms with Crippen LogP contribution in [0.4, 0.5) is 0 Å². The van der Waals surface area contributed by atoms with E-state index in [1.165, 1.54) is 24.3 Å². The molecule has 1 aromatic carbocycles. The van der Waals surface area contributed by atoms with E-state index < -0.39 is 23.7 Å². The van der Waals surface area contributed by atoms with Gasteiger partial charge in [0.05, 0.1) is 17.2 Å². The number of aromatic carboxylic acids is 1. The van der Waals surface area contributed by atoms with E-state index in [9.17, 15) is 19.2 Å². The van der Waals surface area contributed by atoms with Gasteiger partial charge in [0.15, 0.2) is 6.29 Å². The van der Waals surface area contributed by atoms with E-state index in [0.29, 0.717) is 6.42 Å². The maximum absolute atomic E-state index is 12.1. The lowest BCUT2D eigenvalue weighted by molar-refractivity contribution is -0.131. The van der Waals surface area contributed by atoms with Crippen molar-refractivity contribution in [3.05, 3.63) is 35.4 Å². The summed E-state index contributed by atoms with van der Waals surface area (Å²) in [5, 5.41) is 11.5. The van der Waals surface area contributed by atoms with Crippen molar-refractivity contribution in [2.24, 2.45) is 5.92 Å². The van der Waals surface area contributed by atoms with Crippen LogP contribution in [0.5, 0.6) is 0 Å². The number of carbonyl (C=O) groups excluding carboxylic acids is 3. The Hall–Kier alpha value is -2.50. The van der Waals surface area contributed by atoms with E-state index in [0.717, 1.165) is 0 Å². The molecule has 1 amide bonds. The van der Waals surface area contributed by atoms with Gasteiger partial charge in [-0.2, -0.15) is 0 Å². The molecule has 0 fully saturated rings. The molecule has 112 valence electrons. The van der Waals surface area contributed by atoms with Crippen LogP contribution < -0.4 is 5.32 Å².